The molecule has 10 aromatic carbocycles. The molecule has 2 aliphatic heterocycles. The Kier molecular flexibility index (Phi) is 10.2. The van der Waals surface area contributed by atoms with Gasteiger partial charge in [-0.2, -0.15) is 0 Å². The molecule has 3 nitrogen and oxygen atoms in total. The average Bonchev–Trinajstić information content (AvgIpc) is 3.39. The normalized spacial score (nSPS) is 12.5. The molecule has 0 N–H and O–H groups in total. The summed E-state index contributed by atoms with van der Waals surface area (Å²) >= 11 is 0. The lowest BCUT2D eigenvalue weighted by Gasteiger charge is -2.44. The topological polar surface area (TPSA) is 9.72 Å². The summed E-state index contributed by atoms with van der Waals surface area (Å²) in [7, 11) is 0. The number of rotatable bonds is 9. The first-order chi connectivity index (χ1) is 33.5. The van der Waals surface area contributed by atoms with Gasteiger partial charge < -0.3 is 14.7 Å². The molecule has 2 aliphatic rings. The molecule has 10 aromatic rings. The van der Waals surface area contributed by atoms with E-state index in [-0.39, 0.29) is 6.71 Å². The van der Waals surface area contributed by atoms with Gasteiger partial charge in [0.1, 0.15) is 0 Å². The van der Waals surface area contributed by atoms with Crippen molar-refractivity contribution < 1.29 is 0 Å². The fourth-order valence-corrected chi connectivity index (χ4v) is 11.2. The van der Waals surface area contributed by atoms with Gasteiger partial charge >= 0.3 is 0 Å². The van der Waals surface area contributed by atoms with Gasteiger partial charge in [0, 0.05) is 51.2 Å². The highest BCUT2D eigenvalue weighted by molar-refractivity contribution is 7.00. The monoisotopic (exact) mass is 871 g/mol. The predicted octanol–water partition coefficient (Wildman–Crippen LogP) is 14.5. The lowest BCUT2D eigenvalue weighted by atomic mass is 9.33. The largest absolute Gasteiger partial charge is 0.311 e. The van der Waals surface area contributed by atoms with E-state index in [1.165, 1.54) is 78.1 Å². The highest BCUT2D eigenvalue weighted by atomic mass is 15.2. The first-order valence-electron chi connectivity index (χ1n) is 23.7. The minimum absolute atomic E-state index is 0.0463. The Balaban J connectivity index is 1.03. The lowest BCUT2D eigenvalue weighted by Crippen LogP contribution is -2.61. The molecule has 0 atom stereocenters. The second kappa shape index (κ2) is 16.8. The smallest absolute Gasteiger partial charge is 0.252 e. The zero-order chi connectivity index (χ0) is 45.8. The number of aryl methyl sites for hydroxylation is 3. The molecule has 12 rings (SSSR count). The zero-order valence-electron chi connectivity index (χ0n) is 38.6. The zero-order valence-corrected chi connectivity index (χ0v) is 38.6. The van der Waals surface area contributed by atoms with Crippen molar-refractivity contribution >= 4 is 74.3 Å². The van der Waals surface area contributed by atoms with Gasteiger partial charge in [-0.1, -0.05) is 175 Å². The molecule has 0 radical (unpaired) electrons. The average molecular weight is 872 g/mol. The first-order valence-corrected chi connectivity index (χ1v) is 23.7. The van der Waals surface area contributed by atoms with Gasteiger partial charge in [0.05, 0.1) is 5.41 Å². The van der Waals surface area contributed by atoms with Crippen molar-refractivity contribution in [2.24, 2.45) is 0 Å². The van der Waals surface area contributed by atoms with Crippen LogP contribution < -0.4 is 31.1 Å². The summed E-state index contributed by atoms with van der Waals surface area (Å²) in [5, 5.41) is 0. The second-order valence-corrected chi connectivity index (χ2v) is 18.4. The number of fused-ring (bicyclic) bond motifs is 4. The standard InChI is InChI=1S/C64H50BN3/c1-45-29-39-59-57(41-45)65-58-42-46(2)30-40-60(58)68(56-37-35-54(36-38-56)66(52-25-15-7-16-26-52)53-27-17-8-18-28-53)62-44-47(3)43-61(63(62)65)67(59)55-33-31-51(32-34-55)64(48-19-9-4-10-20-48,49-21-11-5-12-22-49)50-23-13-6-14-24-50/h4-44H,1-3H3. The van der Waals surface area contributed by atoms with Gasteiger partial charge in [0.2, 0.25) is 0 Å². The predicted molar refractivity (Wildman–Crippen MR) is 288 cm³/mol. The van der Waals surface area contributed by atoms with Gasteiger partial charge in [-0.25, -0.2) is 0 Å². The van der Waals surface area contributed by atoms with E-state index in [4.69, 9.17) is 0 Å². The third kappa shape index (κ3) is 6.75. The van der Waals surface area contributed by atoms with E-state index in [9.17, 15) is 0 Å². The van der Waals surface area contributed by atoms with Crippen molar-refractivity contribution in [3.63, 3.8) is 0 Å². The van der Waals surface area contributed by atoms with E-state index < -0.39 is 5.41 Å². The van der Waals surface area contributed by atoms with E-state index in [0.717, 1.165) is 28.4 Å². The lowest BCUT2D eigenvalue weighted by molar-refractivity contribution is 0.745. The molecule has 0 saturated heterocycles. The van der Waals surface area contributed by atoms with Crippen LogP contribution in [0.15, 0.2) is 249 Å². The molecule has 0 saturated carbocycles. The summed E-state index contributed by atoms with van der Waals surface area (Å²) in [6.07, 6.45) is 0. The minimum Gasteiger partial charge on any atom is -0.311 e. The van der Waals surface area contributed by atoms with E-state index in [1.54, 1.807) is 0 Å². The molecular formula is C64H50BN3. The van der Waals surface area contributed by atoms with Crippen LogP contribution in [0.1, 0.15) is 38.9 Å². The van der Waals surface area contributed by atoms with Gasteiger partial charge in [-0.3, -0.25) is 0 Å². The number of nitrogens with zero attached hydrogens (tertiary/aromatic N) is 3. The Hall–Kier alpha value is -8.34. The van der Waals surface area contributed by atoms with E-state index in [1.807, 2.05) is 0 Å². The maximum atomic E-state index is 2.52. The molecule has 2 heterocycles. The molecule has 0 spiro atoms. The van der Waals surface area contributed by atoms with Gasteiger partial charge in [-0.15, -0.1) is 0 Å². The molecule has 324 valence electrons. The molecular weight excluding hydrogens is 822 g/mol. The summed E-state index contributed by atoms with van der Waals surface area (Å²) in [5.74, 6) is 0. The van der Waals surface area contributed by atoms with Crippen LogP contribution in [-0.4, -0.2) is 6.71 Å². The molecule has 0 unspecified atom stereocenters. The van der Waals surface area contributed by atoms with Crippen molar-refractivity contribution in [2.75, 3.05) is 14.7 Å². The van der Waals surface area contributed by atoms with Crippen LogP contribution in [0.25, 0.3) is 0 Å². The maximum absolute atomic E-state index is 2.52. The molecule has 4 heteroatoms. The van der Waals surface area contributed by atoms with Gasteiger partial charge in [0.15, 0.2) is 0 Å². The third-order valence-electron chi connectivity index (χ3n) is 14.1. The Morgan fingerprint density at radius 2 is 0.676 bits per heavy atom. The number of hydrogen-bond donors (Lipinski definition) is 0. The SMILES string of the molecule is Cc1ccc2c(c1)B1c3cc(C)ccc3N(c3ccc(C(c4ccccc4)(c4ccccc4)c4ccccc4)cc3)c3cc(C)cc(c31)N2c1ccc(N(c2ccccc2)c2ccccc2)cc1. The van der Waals surface area contributed by atoms with Gasteiger partial charge in [-0.05, 0) is 150 Å². The number of para-hydroxylation sites is 2. The number of hydrogen-bond acceptors (Lipinski definition) is 3. The quantitative estimate of drug-likeness (QED) is 0.106. The molecule has 0 amide bonds. The van der Waals surface area contributed by atoms with Crippen molar-refractivity contribution in [1.29, 1.82) is 0 Å². The van der Waals surface area contributed by atoms with Crippen LogP contribution in [0, 0.1) is 20.8 Å². The van der Waals surface area contributed by atoms with Crippen LogP contribution in [0.5, 0.6) is 0 Å². The number of anilines is 9. The minimum atomic E-state index is -0.538. The van der Waals surface area contributed by atoms with Crippen LogP contribution in [0.4, 0.5) is 51.2 Å². The Morgan fingerprint density at radius 1 is 0.324 bits per heavy atom. The molecule has 0 bridgehead atoms. The fourth-order valence-electron chi connectivity index (χ4n) is 11.2. The van der Waals surface area contributed by atoms with Crippen molar-refractivity contribution in [3.8, 4) is 0 Å². The van der Waals surface area contributed by atoms with Crippen LogP contribution >= 0.6 is 0 Å². The number of benzene rings is 10. The van der Waals surface area contributed by atoms with Crippen molar-refractivity contribution in [1.82, 2.24) is 0 Å². The Labute approximate surface area is 400 Å². The van der Waals surface area contributed by atoms with E-state index in [0.29, 0.717) is 0 Å². The molecule has 0 aliphatic carbocycles. The van der Waals surface area contributed by atoms with Crippen LogP contribution in [0.2, 0.25) is 0 Å². The first kappa shape index (κ1) is 41.1. The van der Waals surface area contributed by atoms with Gasteiger partial charge in [0.25, 0.3) is 6.71 Å². The van der Waals surface area contributed by atoms with Crippen molar-refractivity contribution in [3.05, 3.63) is 288 Å². The Morgan fingerprint density at radius 3 is 1.09 bits per heavy atom. The van der Waals surface area contributed by atoms with E-state index in [2.05, 4.69) is 284 Å². The van der Waals surface area contributed by atoms with Crippen LogP contribution in [0.3, 0.4) is 0 Å². The summed E-state index contributed by atoms with van der Waals surface area (Å²) in [4.78, 5) is 7.36. The molecule has 68 heavy (non-hydrogen) atoms. The summed E-state index contributed by atoms with van der Waals surface area (Å²) in [5.41, 5.74) is 22.5. The highest BCUT2D eigenvalue weighted by Crippen LogP contribution is 2.48. The third-order valence-corrected chi connectivity index (χ3v) is 14.1. The fraction of sp³-hybridized carbons (Fsp3) is 0.0625. The summed E-state index contributed by atoms with van der Waals surface area (Å²) in [6, 6.07) is 91.7. The summed E-state index contributed by atoms with van der Waals surface area (Å²) < 4.78 is 0. The summed E-state index contributed by atoms with van der Waals surface area (Å²) in [6.45, 7) is 6.74. The molecule has 0 aromatic heterocycles. The Bertz CT molecular complexity index is 3280. The van der Waals surface area contributed by atoms with Crippen molar-refractivity contribution in [2.45, 2.75) is 26.2 Å². The van der Waals surface area contributed by atoms with E-state index >= 15 is 0 Å². The second-order valence-electron chi connectivity index (χ2n) is 18.4. The highest BCUT2D eigenvalue weighted by Gasteiger charge is 2.44. The van der Waals surface area contributed by atoms with Crippen LogP contribution in [-0.2, 0) is 5.41 Å². The molecule has 0 fully saturated rings. The maximum Gasteiger partial charge on any atom is 0.252 e.